The predicted molar refractivity (Wildman–Crippen MR) is 110 cm³/mol. The number of rotatable bonds is 7. The number of para-hydroxylation sites is 1. The van der Waals surface area contributed by atoms with Gasteiger partial charge in [-0.3, -0.25) is 0 Å². The summed E-state index contributed by atoms with van der Waals surface area (Å²) in [6.07, 6.45) is 5.57. The van der Waals surface area contributed by atoms with Crippen LogP contribution in [-0.2, 0) is 12.8 Å². The Hall–Kier alpha value is -2.20. The van der Waals surface area contributed by atoms with E-state index in [2.05, 4.69) is 28.8 Å². The van der Waals surface area contributed by atoms with Crippen molar-refractivity contribution in [2.45, 2.75) is 45.1 Å². The van der Waals surface area contributed by atoms with Crippen molar-refractivity contribution in [3.63, 3.8) is 0 Å². The first-order chi connectivity index (χ1) is 13.1. The second kappa shape index (κ2) is 9.65. The Bertz CT molecular complexity index is 779. The first-order valence-corrected chi connectivity index (χ1v) is 10.0. The van der Waals surface area contributed by atoms with E-state index in [0.29, 0.717) is 30.3 Å². The van der Waals surface area contributed by atoms with E-state index in [4.69, 9.17) is 16.3 Å². The van der Waals surface area contributed by atoms with E-state index < -0.39 is 0 Å². The second-order valence-corrected chi connectivity index (χ2v) is 7.40. The van der Waals surface area contributed by atoms with Crippen LogP contribution in [0.2, 0.25) is 5.02 Å². The largest absolute Gasteiger partial charge is 0.492 e. The van der Waals surface area contributed by atoms with Crippen molar-refractivity contribution < 1.29 is 9.53 Å². The molecule has 0 spiro atoms. The fraction of sp³-hybridized carbons (Fsp3) is 0.409. The summed E-state index contributed by atoms with van der Waals surface area (Å²) in [5.41, 5.74) is 4.05. The fourth-order valence-electron chi connectivity index (χ4n) is 3.37. The van der Waals surface area contributed by atoms with Gasteiger partial charge in [-0.1, -0.05) is 41.9 Å². The van der Waals surface area contributed by atoms with E-state index >= 15 is 0 Å². The van der Waals surface area contributed by atoms with E-state index in [0.717, 1.165) is 12.0 Å². The maximum atomic E-state index is 12.1. The molecule has 2 N–H and O–H groups in total. The summed E-state index contributed by atoms with van der Waals surface area (Å²) in [5.74, 6) is 0.671. The second-order valence-electron chi connectivity index (χ2n) is 6.99. The monoisotopic (exact) mass is 386 g/mol. The van der Waals surface area contributed by atoms with Crippen molar-refractivity contribution in [2.24, 2.45) is 0 Å². The first kappa shape index (κ1) is 19.6. The summed E-state index contributed by atoms with van der Waals surface area (Å²) >= 11 is 6.04. The molecule has 0 saturated carbocycles. The van der Waals surface area contributed by atoms with Gasteiger partial charge in [0.2, 0.25) is 0 Å². The van der Waals surface area contributed by atoms with Crippen LogP contribution in [0.1, 0.15) is 48.9 Å². The molecule has 3 rings (SSSR count). The molecular formula is C22H27ClN2O2. The molecule has 2 aromatic rings. The van der Waals surface area contributed by atoms with Crippen LogP contribution in [0.25, 0.3) is 0 Å². The highest BCUT2D eigenvalue weighted by atomic mass is 35.5. The van der Waals surface area contributed by atoms with Crippen LogP contribution in [0.4, 0.5) is 4.79 Å². The third-order valence-electron chi connectivity index (χ3n) is 4.92. The van der Waals surface area contributed by atoms with Crippen LogP contribution in [0, 0.1) is 0 Å². The predicted octanol–water partition coefficient (Wildman–Crippen LogP) is 5.05. The number of nitrogens with one attached hydrogen (secondary N) is 2. The maximum Gasteiger partial charge on any atom is 0.315 e. The number of hydrogen-bond acceptors (Lipinski definition) is 2. The van der Waals surface area contributed by atoms with Crippen molar-refractivity contribution >= 4 is 17.6 Å². The Labute approximate surface area is 166 Å². The highest BCUT2D eigenvalue weighted by Crippen LogP contribution is 2.25. The summed E-state index contributed by atoms with van der Waals surface area (Å²) in [4.78, 5) is 12.1. The van der Waals surface area contributed by atoms with Gasteiger partial charge in [-0.15, -0.1) is 0 Å². The lowest BCUT2D eigenvalue weighted by Gasteiger charge is -2.20. The maximum absolute atomic E-state index is 12.1. The molecule has 2 aromatic carbocycles. The number of carbonyl (C=O) groups excluding carboxylic acids is 1. The summed E-state index contributed by atoms with van der Waals surface area (Å²) in [7, 11) is 0. The molecule has 2 amide bonds. The smallest absolute Gasteiger partial charge is 0.315 e. The van der Waals surface area contributed by atoms with Crippen molar-refractivity contribution in [1.29, 1.82) is 0 Å². The van der Waals surface area contributed by atoms with Gasteiger partial charge < -0.3 is 15.4 Å². The molecular weight excluding hydrogens is 360 g/mol. The average Bonchev–Trinajstić information content (AvgIpc) is 2.68. The minimum atomic E-state index is -0.155. The molecule has 0 saturated heterocycles. The standard InChI is InChI=1S/C22H27ClN2O2/c1-16(18-12-11-17-7-2-3-8-19(17)15-18)25-22(26)24-13-6-14-27-21-10-5-4-9-20(21)23/h4-5,9-12,15-16H,2-3,6-8,13-14H2,1H3,(H2,24,25,26). The molecule has 0 heterocycles. The Balaban J connectivity index is 1.38. The number of hydrogen-bond donors (Lipinski definition) is 2. The van der Waals surface area contributed by atoms with Crippen LogP contribution < -0.4 is 15.4 Å². The lowest BCUT2D eigenvalue weighted by molar-refractivity contribution is 0.236. The van der Waals surface area contributed by atoms with E-state index in [-0.39, 0.29) is 12.1 Å². The molecule has 0 radical (unpaired) electrons. The van der Waals surface area contributed by atoms with Crippen molar-refractivity contribution in [2.75, 3.05) is 13.2 Å². The summed E-state index contributed by atoms with van der Waals surface area (Å²) in [6, 6.07) is 13.8. The summed E-state index contributed by atoms with van der Waals surface area (Å²) in [6.45, 7) is 3.07. The Morgan fingerprint density at radius 3 is 2.74 bits per heavy atom. The lowest BCUT2D eigenvalue weighted by atomic mass is 9.89. The number of carbonyl (C=O) groups is 1. The third-order valence-corrected chi connectivity index (χ3v) is 5.23. The molecule has 1 atom stereocenters. The highest BCUT2D eigenvalue weighted by Gasteiger charge is 2.13. The molecule has 1 aliphatic rings. The molecule has 0 fully saturated rings. The average molecular weight is 387 g/mol. The van der Waals surface area contributed by atoms with Crippen LogP contribution in [-0.4, -0.2) is 19.2 Å². The number of amides is 2. The topological polar surface area (TPSA) is 50.4 Å². The van der Waals surface area contributed by atoms with Gasteiger partial charge in [-0.25, -0.2) is 4.79 Å². The van der Waals surface area contributed by atoms with Gasteiger partial charge in [-0.2, -0.15) is 0 Å². The Morgan fingerprint density at radius 1 is 1.15 bits per heavy atom. The molecule has 5 heteroatoms. The van der Waals surface area contributed by atoms with E-state index in [1.54, 1.807) is 6.07 Å². The summed E-state index contributed by atoms with van der Waals surface area (Å²) < 4.78 is 5.62. The van der Waals surface area contributed by atoms with Crippen LogP contribution >= 0.6 is 11.6 Å². The van der Waals surface area contributed by atoms with E-state index in [9.17, 15) is 4.79 Å². The van der Waals surface area contributed by atoms with Gasteiger partial charge in [0.05, 0.1) is 17.7 Å². The minimum absolute atomic E-state index is 0.0170. The van der Waals surface area contributed by atoms with Gasteiger partial charge in [-0.05, 0) is 67.9 Å². The van der Waals surface area contributed by atoms with E-state index in [1.807, 2.05) is 25.1 Å². The normalized spacial score (nSPS) is 14.1. The molecule has 0 bridgehead atoms. The molecule has 0 aromatic heterocycles. The number of halogens is 1. The van der Waals surface area contributed by atoms with Gasteiger partial charge in [0.25, 0.3) is 0 Å². The number of fused-ring (bicyclic) bond motifs is 1. The SMILES string of the molecule is CC(NC(=O)NCCCOc1ccccc1Cl)c1ccc2c(c1)CCCC2. The number of ether oxygens (including phenoxy) is 1. The van der Waals surface area contributed by atoms with Gasteiger partial charge in [0, 0.05) is 6.54 Å². The van der Waals surface area contributed by atoms with Crippen molar-refractivity contribution in [1.82, 2.24) is 10.6 Å². The van der Waals surface area contributed by atoms with E-state index in [1.165, 1.54) is 30.4 Å². The third kappa shape index (κ3) is 5.64. The number of urea groups is 1. The van der Waals surface area contributed by atoms with Crippen molar-refractivity contribution in [3.8, 4) is 5.75 Å². The van der Waals surface area contributed by atoms with Gasteiger partial charge >= 0.3 is 6.03 Å². The molecule has 0 aliphatic heterocycles. The Kier molecular flexibility index (Phi) is 6.99. The zero-order valence-corrected chi connectivity index (χ0v) is 16.5. The molecule has 1 unspecified atom stereocenters. The van der Waals surface area contributed by atoms with Crippen molar-refractivity contribution in [3.05, 3.63) is 64.2 Å². The van der Waals surface area contributed by atoms with Gasteiger partial charge in [0.1, 0.15) is 5.75 Å². The highest BCUT2D eigenvalue weighted by molar-refractivity contribution is 6.32. The zero-order chi connectivity index (χ0) is 19.1. The first-order valence-electron chi connectivity index (χ1n) is 9.67. The quantitative estimate of drug-likeness (QED) is 0.654. The molecule has 27 heavy (non-hydrogen) atoms. The zero-order valence-electron chi connectivity index (χ0n) is 15.8. The molecule has 1 aliphatic carbocycles. The molecule has 4 nitrogen and oxygen atoms in total. The minimum Gasteiger partial charge on any atom is -0.492 e. The van der Waals surface area contributed by atoms with Crippen LogP contribution in [0.5, 0.6) is 5.75 Å². The summed E-state index contributed by atoms with van der Waals surface area (Å²) in [5, 5.41) is 6.49. The lowest BCUT2D eigenvalue weighted by Crippen LogP contribution is -2.37. The number of aryl methyl sites for hydroxylation is 2. The number of benzene rings is 2. The van der Waals surface area contributed by atoms with Crippen LogP contribution in [0.15, 0.2) is 42.5 Å². The molecule has 144 valence electrons. The van der Waals surface area contributed by atoms with Crippen LogP contribution in [0.3, 0.4) is 0 Å². The fourth-order valence-corrected chi connectivity index (χ4v) is 3.56. The Morgan fingerprint density at radius 2 is 1.93 bits per heavy atom. The van der Waals surface area contributed by atoms with Gasteiger partial charge in [0.15, 0.2) is 0 Å².